The molecule has 4 heterocycles. The summed E-state index contributed by atoms with van der Waals surface area (Å²) in [6.07, 6.45) is 3.72. The van der Waals surface area contributed by atoms with Gasteiger partial charge in [0.1, 0.15) is 6.33 Å². The Hall–Kier alpha value is -1.99. The van der Waals surface area contributed by atoms with Gasteiger partial charge in [0.15, 0.2) is 5.82 Å². The summed E-state index contributed by atoms with van der Waals surface area (Å²) in [5.41, 5.74) is 1.89. The topological polar surface area (TPSA) is 49.6 Å². The van der Waals surface area contributed by atoms with Gasteiger partial charge in [-0.05, 0) is 26.1 Å². The molecule has 114 valence electrons. The second kappa shape index (κ2) is 5.33. The summed E-state index contributed by atoms with van der Waals surface area (Å²) in [7, 11) is 2.15. The lowest BCUT2D eigenvalue weighted by atomic mass is 10.3. The van der Waals surface area contributed by atoms with Crippen molar-refractivity contribution in [2.24, 2.45) is 0 Å². The van der Waals surface area contributed by atoms with Gasteiger partial charge in [-0.15, -0.1) is 21.5 Å². The molecule has 1 fully saturated rings. The van der Waals surface area contributed by atoms with Gasteiger partial charge in [-0.25, -0.2) is 4.98 Å². The Bertz CT molecular complexity index is 799. The molecule has 4 rings (SSSR count). The Labute approximate surface area is 133 Å². The monoisotopic (exact) mass is 314 g/mol. The molecule has 3 aromatic heterocycles. The van der Waals surface area contributed by atoms with Crippen LogP contribution >= 0.6 is 11.3 Å². The van der Waals surface area contributed by atoms with Crippen molar-refractivity contribution in [3.8, 4) is 10.6 Å². The standard InChI is InChI=1S/C15H18N6S/c1-11-3-4-13(22-11)12-9-16-14(15-18-17-10-21(12)15)20-7-5-19(2)6-8-20/h3-4,9-10H,5-8H2,1-2H3. The molecule has 0 aromatic carbocycles. The molecule has 1 saturated heterocycles. The molecule has 0 atom stereocenters. The Kier molecular flexibility index (Phi) is 3.31. The van der Waals surface area contributed by atoms with Crippen LogP contribution in [-0.4, -0.2) is 57.7 Å². The van der Waals surface area contributed by atoms with E-state index >= 15 is 0 Å². The van der Waals surface area contributed by atoms with Crippen molar-refractivity contribution in [3.63, 3.8) is 0 Å². The largest absolute Gasteiger partial charge is 0.351 e. The third-order valence-electron chi connectivity index (χ3n) is 4.11. The fraction of sp³-hybridized carbons (Fsp3) is 0.400. The van der Waals surface area contributed by atoms with Crippen molar-refractivity contribution >= 4 is 22.8 Å². The van der Waals surface area contributed by atoms with Gasteiger partial charge in [0.2, 0.25) is 5.65 Å². The number of aryl methyl sites for hydroxylation is 1. The zero-order valence-corrected chi connectivity index (χ0v) is 13.5. The van der Waals surface area contributed by atoms with Gasteiger partial charge < -0.3 is 9.80 Å². The summed E-state index contributed by atoms with van der Waals surface area (Å²) in [5, 5.41) is 8.41. The molecule has 0 bridgehead atoms. The number of aromatic nitrogens is 4. The maximum Gasteiger partial charge on any atom is 0.204 e. The molecule has 1 aliphatic rings. The smallest absolute Gasteiger partial charge is 0.204 e. The molecular formula is C15H18N6S. The molecule has 22 heavy (non-hydrogen) atoms. The second-order valence-corrected chi connectivity index (χ2v) is 6.98. The maximum absolute atomic E-state index is 4.70. The van der Waals surface area contributed by atoms with E-state index in [-0.39, 0.29) is 0 Å². The first-order valence-electron chi connectivity index (χ1n) is 7.41. The molecule has 7 heteroatoms. The molecule has 6 nitrogen and oxygen atoms in total. The first-order valence-corrected chi connectivity index (χ1v) is 8.23. The number of rotatable bonds is 2. The van der Waals surface area contributed by atoms with Crippen LogP contribution in [0.1, 0.15) is 4.88 Å². The van der Waals surface area contributed by atoms with E-state index in [1.807, 2.05) is 10.6 Å². The van der Waals surface area contributed by atoms with Crippen LogP contribution in [0.4, 0.5) is 5.82 Å². The Balaban J connectivity index is 1.78. The number of fused-ring (bicyclic) bond motifs is 1. The lowest BCUT2D eigenvalue weighted by molar-refractivity contribution is 0.312. The van der Waals surface area contributed by atoms with Crippen molar-refractivity contribution < 1.29 is 0 Å². The van der Waals surface area contributed by atoms with Crippen LogP contribution in [-0.2, 0) is 0 Å². The average molecular weight is 314 g/mol. The summed E-state index contributed by atoms with van der Waals surface area (Å²) in [6, 6.07) is 4.26. The van der Waals surface area contributed by atoms with Gasteiger partial charge in [0, 0.05) is 31.1 Å². The van der Waals surface area contributed by atoms with Gasteiger partial charge in [-0.2, -0.15) is 0 Å². The zero-order valence-electron chi connectivity index (χ0n) is 12.7. The fourth-order valence-electron chi connectivity index (χ4n) is 2.80. The Morgan fingerprint density at radius 3 is 2.68 bits per heavy atom. The number of piperazine rings is 1. The molecular weight excluding hydrogens is 296 g/mol. The van der Waals surface area contributed by atoms with E-state index in [1.54, 1.807) is 17.7 Å². The van der Waals surface area contributed by atoms with Crippen LogP contribution < -0.4 is 4.90 Å². The lowest BCUT2D eigenvalue weighted by Crippen LogP contribution is -2.45. The molecule has 0 N–H and O–H groups in total. The third-order valence-corrected chi connectivity index (χ3v) is 5.14. The van der Waals surface area contributed by atoms with Crippen LogP contribution in [0.3, 0.4) is 0 Å². The highest BCUT2D eigenvalue weighted by Crippen LogP contribution is 2.30. The quantitative estimate of drug-likeness (QED) is 0.723. The van der Waals surface area contributed by atoms with Crippen molar-refractivity contribution in [2.75, 3.05) is 38.1 Å². The van der Waals surface area contributed by atoms with E-state index in [4.69, 9.17) is 4.98 Å². The van der Waals surface area contributed by atoms with Crippen LogP contribution in [0.15, 0.2) is 24.7 Å². The van der Waals surface area contributed by atoms with E-state index in [0.717, 1.165) is 43.3 Å². The van der Waals surface area contributed by atoms with Gasteiger partial charge in [0.05, 0.1) is 16.8 Å². The van der Waals surface area contributed by atoms with Crippen molar-refractivity contribution in [1.29, 1.82) is 0 Å². The Morgan fingerprint density at radius 1 is 1.14 bits per heavy atom. The van der Waals surface area contributed by atoms with Crippen LogP contribution in [0.25, 0.3) is 16.2 Å². The number of anilines is 1. The van der Waals surface area contributed by atoms with Crippen molar-refractivity contribution in [3.05, 3.63) is 29.5 Å². The molecule has 1 aliphatic heterocycles. The predicted octanol–water partition coefficient (Wildman–Crippen LogP) is 1.91. The molecule has 0 radical (unpaired) electrons. The van der Waals surface area contributed by atoms with Gasteiger partial charge in [0.25, 0.3) is 0 Å². The molecule has 0 amide bonds. The highest BCUT2D eigenvalue weighted by atomic mass is 32.1. The summed E-state index contributed by atoms with van der Waals surface area (Å²) in [6.45, 7) is 6.16. The zero-order chi connectivity index (χ0) is 15.1. The number of nitrogens with zero attached hydrogens (tertiary/aromatic N) is 6. The second-order valence-electron chi connectivity index (χ2n) is 5.69. The summed E-state index contributed by atoms with van der Waals surface area (Å²) >= 11 is 1.76. The molecule has 3 aromatic rings. The Morgan fingerprint density at radius 2 is 1.95 bits per heavy atom. The summed E-state index contributed by atoms with van der Waals surface area (Å²) in [4.78, 5) is 11.8. The minimum Gasteiger partial charge on any atom is -0.351 e. The summed E-state index contributed by atoms with van der Waals surface area (Å²) in [5.74, 6) is 0.933. The summed E-state index contributed by atoms with van der Waals surface area (Å²) < 4.78 is 2.05. The minimum atomic E-state index is 0.841. The third kappa shape index (κ3) is 2.26. The van der Waals surface area contributed by atoms with E-state index in [1.165, 1.54) is 9.75 Å². The number of hydrogen-bond donors (Lipinski definition) is 0. The highest BCUT2D eigenvalue weighted by Gasteiger charge is 2.20. The first kappa shape index (κ1) is 13.7. The predicted molar refractivity (Wildman–Crippen MR) is 88.5 cm³/mol. The van der Waals surface area contributed by atoms with Crippen molar-refractivity contribution in [2.45, 2.75) is 6.92 Å². The molecule has 0 aliphatic carbocycles. The van der Waals surface area contributed by atoms with Crippen LogP contribution in [0, 0.1) is 6.92 Å². The van der Waals surface area contributed by atoms with Gasteiger partial charge in [-0.1, -0.05) is 0 Å². The fourth-order valence-corrected chi connectivity index (χ4v) is 3.68. The van der Waals surface area contributed by atoms with Gasteiger partial charge in [-0.3, -0.25) is 4.40 Å². The lowest BCUT2D eigenvalue weighted by Gasteiger charge is -2.33. The van der Waals surface area contributed by atoms with E-state index in [2.05, 4.69) is 46.1 Å². The van der Waals surface area contributed by atoms with E-state index in [9.17, 15) is 0 Å². The average Bonchev–Trinajstić information content (AvgIpc) is 3.16. The highest BCUT2D eigenvalue weighted by molar-refractivity contribution is 7.15. The number of hydrogen-bond acceptors (Lipinski definition) is 6. The van der Waals surface area contributed by atoms with Crippen molar-refractivity contribution in [1.82, 2.24) is 24.5 Å². The number of thiophene rings is 1. The molecule has 0 spiro atoms. The van der Waals surface area contributed by atoms with E-state index < -0.39 is 0 Å². The normalized spacial score (nSPS) is 16.5. The number of likely N-dealkylation sites (N-methyl/N-ethyl adjacent to an activating group) is 1. The van der Waals surface area contributed by atoms with Crippen LogP contribution in [0.5, 0.6) is 0 Å². The SMILES string of the molecule is Cc1ccc(-c2cnc(N3CCN(C)CC3)c3nncn23)s1. The molecule has 0 saturated carbocycles. The first-order chi connectivity index (χ1) is 10.7. The maximum atomic E-state index is 4.70. The van der Waals surface area contributed by atoms with Crippen LogP contribution in [0.2, 0.25) is 0 Å². The molecule has 0 unspecified atom stereocenters. The van der Waals surface area contributed by atoms with E-state index in [0.29, 0.717) is 0 Å². The minimum absolute atomic E-state index is 0.841. The van der Waals surface area contributed by atoms with Gasteiger partial charge >= 0.3 is 0 Å².